The molecule has 1 aliphatic carbocycles. The molecule has 0 bridgehead atoms. The largest absolute Gasteiger partial charge is 0.395 e. The second-order valence-corrected chi connectivity index (χ2v) is 5.17. The zero-order chi connectivity index (χ0) is 12.4. The molecular weight excluding hydrogens is 224 g/mol. The van der Waals surface area contributed by atoms with Gasteiger partial charge in [-0.1, -0.05) is 31.4 Å². The number of rotatable bonds is 3. The fourth-order valence-electron chi connectivity index (χ4n) is 3.10. The van der Waals surface area contributed by atoms with Crippen LogP contribution in [0.25, 0.3) is 11.0 Å². The minimum atomic E-state index is 0.181. The molecule has 0 aliphatic heterocycles. The van der Waals surface area contributed by atoms with Gasteiger partial charge < -0.3 is 9.67 Å². The highest BCUT2D eigenvalue weighted by molar-refractivity contribution is 5.76. The van der Waals surface area contributed by atoms with Crippen molar-refractivity contribution in [2.45, 2.75) is 44.6 Å². The van der Waals surface area contributed by atoms with Crippen molar-refractivity contribution in [1.82, 2.24) is 9.55 Å². The summed E-state index contributed by atoms with van der Waals surface area (Å²) in [5.41, 5.74) is 2.22. The fraction of sp³-hybridized carbons (Fsp3) is 0.533. The molecule has 1 heterocycles. The molecule has 1 aromatic carbocycles. The summed E-state index contributed by atoms with van der Waals surface area (Å²) in [5, 5.41) is 9.27. The highest BCUT2D eigenvalue weighted by Crippen LogP contribution is 2.33. The number of hydrogen-bond acceptors (Lipinski definition) is 2. The van der Waals surface area contributed by atoms with Crippen molar-refractivity contribution < 1.29 is 5.11 Å². The van der Waals surface area contributed by atoms with Crippen molar-refractivity contribution in [3.05, 3.63) is 30.1 Å². The van der Waals surface area contributed by atoms with Crippen LogP contribution in [-0.2, 0) is 6.54 Å². The molecule has 0 radical (unpaired) electrons. The van der Waals surface area contributed by atoms with Crippen LogP contribution in [0, 0.1) is 0 Å². The van der Waals surface area contributed by atoms with Crippen LogP contribution in [0.3, 0.4) is 0 Å². The third kappa shape index (κ3) is 2.03. The first-order valence-electron chi connectivity index (χ1n) is 6.96. The minimum absolute atomic E-state index is 0.181. The molecule has 3 heteroatoms. The maximum atomic E-state index is 9.27. The monoisotopic (exact) mass is 244 g/mol. The maximum Gasteiger partial charge on any atom is 0.113 e. The van der Waals surface area contributed by atoms with Gasteiger partial charge in [-0.05, 0) is 25.0 Å². The number of fused-ring (bicyclic) bond motifs is 1. The van der Waals surface area contributed by atoms with Crippen LogP contribution in [0.1, 0.15) is 43.8 Å². The van der Waals surface area contributed by atoms with E-state index in [0.29, 0.717) is 12.5 Å². The Labute approximate surface area is 107 Å². The predicted molar refractivity (Wildman–Crippen MR) is 72.6 cm³/mol. The Bertz CT molecular complexity index is 526. The smallest absolute Gasteiger partial charge is 0.113 e. The summed E-state index contributed by atoms with van der Waals surface area (Å²) in [5.74, 6) is 1.77. The summed E-state index contributed by atoms with van der Waals surface area (Å²) in [6.45, 7) is 0.840. The Morgan fingerprint density at radius 1 is 1.17 bits per heavy atom. The highest BCUT2D eigenvalue weighted by Gasteiger charge is 2.21. The van der Waals surface area contributed by atoms with Crippen molar-refractivity contribution >= 4 is 11.0 Å². The normalized spacial score (nSPS) is 17.4. The van der Waals surface area contributed by atoms with Crippen LogP contribution in [-0.4, -0.2) is 21.3 Å². The molecule has 1 aromatic heterocycles. The summed E-state index contributed by atoms with van der Waals surface area (Å²) >= 11 is 0. The van der Waals surface area contributed by atoms with E-state index in [-0.39, 0.29) is 6.61 Å². The Hall–Kier alpha value is -1.35. The quantitative estimate of drug-likeness (QED) is 0.901. The van der Waals surface area contributed by atoms with E-state index < -0.39 is 0 Å². The maximum absolute atomic E-state index is 9.27. The lowest BCUT2D eigenvalue weighted by Crippen LogP contribution is -2.13. The van der Waals surface area contributed by atoms with Crippen LogP contribution >= 0.6 is 0 Å². The van der Waals surface area contributed by atoms with Crippen LogP contribution in [0.5, 0.6) is 0 Å². The van der Waals surface area contributed by atoms with Crippen LogP contribution in [0.15, 0.2) is 24.3 Å². The summed E-state index contributed by atoms with van der Waals surface area (Å²) < 4.78 is 2.21. The van der Waals surface area contributed by atoms with Gasteiger partial charge in [0.1, 0.15) is 5.82 Å². The molecule has 0 atom stereocenters. The summed E-state index contributed by atoms with van der Waals surface area (Å²) in [7, 11) is 0. The van der Waals surface area contributed by atoms with E-state index in [1.54, 1.807) is 0 Å². The number of benzene rings is 1. The number of hydrogen-bond donors (Lipinski definition) is 1. The third-order valence-electron chi connectivity index (χ3n) is 3.98. The van der Waals surface area contributed by atoms with Crippen molar-refractivity contribution in [2.24, 2.45) is 0 Å². The van der Waals surface area contributed by atoms with Crippen LogP contribution < -0.4 is 0 Å². The van der Waals surface area contributed by atoms with Gasteiger partial charge in [-0.15, -0.1) is 0 Å². The lowest BCUT2D eigenvalue weighted by atomic mass is 9.88. The Balaban J connectivity index is 2.05. The van der Waals surface area contributed by atoms with Gasteiger partial charge >= 0.3 is 0 Å². The van der Waals surface area contributed by atoms with Gasteiger partial charge in [0.05, 0.1) is 17.6 Å². The molecule has 1 saturated carbocycles. The standard InChI is InChI=1S/C15H20N2O/c18-11-10-17-14-9-5-4-8-13(14)16-15(17)12-6-2-1-3-7-12/h4-5,8-9,12,18H,1-3,6-7,10-11H2. The number of imidazole rings is 1. The number of nitrogens with zero attached hydrogens (tertiary/aromatic N) is 2. The third-order valence-corrected chi connectivity index (χ3v) is 3.98. The van der Waals surface area contributed by atoms with Crippen LogP contribution in [0.4, 0.5) is 0 Å². The van der Waals surface area contributed by atoms with E-state index in [2.05, 4.69) is 16.7 Å². The van der Waals surface area contributed by atoms with Crippen molar-refractivity contribution in [3.63, 3.8) is 0 Å². The summed E-state index contributed by atoms with van der Waals surface area (Å²) in [6, 6.07) is 8.24. The topological polar surface area (TPSA) is 38.0 Å². The van der Waals surface area contributed by atoms with E-state index in [1.165, 1.54) is 37.9 Å². The molecule has 96 valence electrons. The number of para-hydroxylation sites is 2. The first kappa shape index (κ1) is 11.7. The average Bonchev–Trinajstić information content (AvgIpc) is 2.80. The Kier molecular flexibility index (Phi) is 3.33. The molecule has 1 aliphatic rings. The fourth-order valence-corrected chi connectivity index (χ4v) is 3.10. The van der Waals surface area contributed by atoms with Gasteiger partial charge in [-0.3, -0.25) is 0 Å². The molecule has 1 fully saturated rings. The van der Waals surface area contributed by atoms with Crippen molar-refractivity contribution in [3.8, 4) is 0 Å². The second kappa shape index (κ2) is 5.11. The van der Waals surface area contributed by atoms with Gasteiger partial charge in [-0.25, -0.2) is 4.98 Å². The number of aliphatic hydroxyl groups is 1. The molecular formula is C15H20N2O. The average molecular weight is 244 g/mol. The lowest BCUT2D eigenvalue weighted by molar-refractivity contribution is 0.273. The molecule has 18 heavy (non-hydrogen) atoms. The summed E-state index contributed by atoms with van der Waals surface area (Å²) in [4.78, 5) is 4.81. The molecule has 0 spiro atoms. The first-order chi connectivity index (χ1) is 8.90. The molecule has 3 nitrogen and oxygen atoms in total. The van der Waals surface area contributed by atoms with Gasteiger partial charge in [-0.2, -0.15) is 0 Å². The Morgan fingerprint density at radius 3 is 2.72 bits per heavy atom. The molecule has 3 rings (SSSR count). The van der Waals surface area contributed by atoms with Gasteiger partial charge in [0.15, 0.2) is 0 Å². The molecule has 2 aromatic rings. The predicted octanol–water partition coefficient (Wildman–Crippen LogP) is 3.08. The molecule has 0 saturated heterocycles. The van der Waals surface area contributed by atoms with E-state index in [0.717, 1.165) is 11.0 Å². The lowest BCUT2D eigenvalue weighted by Gasteiger charge is -2.22. The van der Waals surface area contributed by atoms with E-state index in [4.69, 9.17) is 4.98 Å². The number of aromatic nitrogens is 2. The van der Waals surface area contributed by atoms with Crippen molar-refractivity contribution in [2.75, 3.05) is 6.61 Å². The van der Waals surface area contributed by atoms with Gasteiger partial charge in [0, 0.05) is 12.5 Å². The molecule has 1 N–H and O–H groups in total. The molecule has 0 amide bonds. The SMILES string of the molecule is OCCn1c(C2CCCCC2)nc2ccccc21. The highest BCUT2D eigenvalue weighted by atomic mass is 16.3. The Morgan fingerprint density at radius 2 is 1.94 bits per heavy atom. The molecule has 0 unspecified atom stereocenters. The minimum Gasteiger partial charge on any atom is -0.395 e. The van der Waals surface area contributed by atoms with Crippen LogP contribution in [0.2, 0.25) is 0 Å². The van der Waals surface area contributed by atoms with E-state index in [9.17, 15) is 5.11 Å². The van der Waals surface area contributed by atoms with Gasteiger partial charge in [0.2, 0.25) is 0 Å². The second-order valence-electron chi connectivity index (χ2n) is 5.17. The van der Waals surface area contributed by atoms with E-state index in [1.807, 2.05) is 12.1 Å². The zero-order valence-corrected chi connectivity index (χ0v) is 10.7. The first-order valence-corrected chi connectivity index (χ1v) is 6.96. The van der Waals surface area contributed by atoms with E-state index >= 15 is 0 Å². The van der Waals surface area contributed by atoms with Crippen molar-refractivity contribution in [1.29, 1.82) is 0 Å². The zero-order valence-electron chi connectivity index (χ0n) is 10.7. The summed E-state index contributed by atoms with van der Waals surface area (Å²) in [6.07, 6.45) is 6.47. The van der Waals surface area contributed by atoms with Gasteiger partial charge in [0.25, 0.3) is 0 Å². The number of aliphatic hydroxyl groups excluding tert-OH is 1.